The van der Waals surface area contributed by atoms with Crippen molar-refractivity contribution < 1.29 is 4.79 Å². The van der Waals surface area contributed by atoms with E-state index < -0.39 is 0 Å². The van der Waals surface area contributed by atoms with Gasteiger partial charge in [0, 0.05) is 29.9 Å². The highest BCUT2D eigenvalue weighted by atomic mass is 32.1. The number of aromatic nitrogens is 4. The molecule has 0 atom stereocenters. The van der Waals surface area contributed by atoms with Gasteiger partial charge in [0.05, 0.1) is 34.4 Å². The molecule has 0 aliphatic rings. The fourth-order valence-electron chi connectivity index (χ4n) is 4.03. The van der Waals surface area contributed by atoms with E-state index in [9.17, 15) is 9.59 Å². The van der Waals surface area contributed by atoms with Crippen molar-refractivity contribution in [3.63, 3.8) is 0 Å². The zero-order chi connectivity index (χ0) is 22.8. The second-order valence-corrected chi connectivity index (χ2v) is 8.89. The second-order valence-electron chi connectivity index (χ2n) is 7.85. The van der Waals surface area contributed by atoms with E-state index in [4.69, 9.17) is 0 Å². The molecule has 8 heteroatoms. The van der Waals surface area contributed by atoms with E-state index in [0.29, 0.717) is 41.7 Å². The van der Waals surface area contributed by atoms with Crippen molar-refractivity contribution in [3.05, 3.63) is 79.3 Å². The monoisotopic (exact) mass is 449 g/mol. The molecule has 0 aliphatic heterocycles. The summed E-state index contributed by atoms with van der Waals surface area (Å²) in [5.41, 5.74) is 4.79. The lowest BCUT2D eigenvalue weighted by Crippen LogP contribution is -2.27. The van der Waals surface area contributed by atoms with Crippen molar-refractivity contribution >= 4 is 28.1 Å². The predicted molar refractivity (Wildman–Crippen MR) is 128 cm³/mol. The molecule has 1 N–H and O–H groups in total. The molecule has 4 heterocycles. The molecule has 32 heavy (non-hydrogen) atoms. The molecule has 0 aliphatic carbocycles. The predicted octanol–water partition coefficient (Wildman–Crippen LogP) is 3.62. The maximum Gasteiger partial charge on any atom is 0.260 e. The van der Waals surface area contributed by atoms with E-state index in [1.807, 2.05) is 35.2 Å². The number of pyridine rings is 2. The molecule has 0 aromatic carbocycles. The third-order valence-electron chi connectivity index (χ3n) is 5.79. The Morgan fingerprint density at radius 2 is 2.00 bits per heavy atom. The molecule has 0 fully saturated rings. The lowest BCUT2D eigenvalue weighted by Gasteiger charge is -2.11. The van der Waals surface area contributed by atoms with Gasteiger partial charge >= 0.3 is 0 Å². The van der Waals surface area contributed by atoms with E-state index in [1.165, 1.54) is 0 Å². The number of amides is 1. The summed E-state index contributed by atoms with van der Waals surface area (Å²) in [5.74, 6) is -0.219. The number of carbonyl (C=O) groups is 1. The van der Waals surface area contributed by atoms with Gasteiger partial charge in [-0.25, -0.2) is 0 Å². The Hall–Kier alpha value is -3.26. The summed E-state index contributed by atoms with van der Waals surface area (Å²) in [5, 5.41) is 9.96. The Labute approximate surface area is 190 Å². The van der Waals surface area contributed by atoms with Crippen LogP contribution in [0.25, 0.3) is 10.9 Å². The molecule has 166 valence electrons. The number of fused-ring (bicyclic) bond motifs is 1. The van der Waals surface area contributed by atoms with Gasteiger partial charge in [-0.05, 0) is 63.3 Å². The quantitative estimate of drug-likeness (QED) is 0.467. The van der Waals surface area contributed by atoms with Crippen LogP contribution in [-0.2, 0) is 19.5 Å². The van der Waals surface area contributed by atoms with E-state index in [-0.39, 0.29) is 11.5 Å². The Morgan fingerprint density at radius 3 is 2.69 bits per heavy atom. The van der Waals surface area contributed by atoms with E-state index in [0.717, 1.165) is 28.4 Å². The van der Waals surface area contributed by atoms with Crippen LogP contribution in [0, 0.1) is 20.8 Å². The second kappa shape index (κ2) is 9.08. The van der Waals surface area contributed by atoms with Crippen LogP contribution in [0.5, 0.6) is 0 Å². The first-order chi connectivity index (χ1) is 15.4. The number of nitrogens with one attached hydrogen (secondary N) is 1. The summed E-state index contributed by atoms with van der Waals surface area (Å²) in [6, 6.07) is 7.47. The number of hydrogen-bond donors (Lipinski definition) is 1. The molecule has 4 aromatic heterocycles. The summed E-state index contributed by atoms with van der Waals surface area (Å²) in [4.78, 5) is 31.6. The normalized spacial score (nSPS) is 11.2. The topological polar surface area (TPSA) is 81.8 Å². The van der Waals surface area contributed by atoms with Gasteiger partial charge in [0.15, 0.2) is 0 Å². The zero-order valence-corrected chi connectivity index (χ0v) is 19.6. The Kier molecular flexibility index (Phi) is 6.23. The van der Waals surface area contributed by atoms with Gasteiger partial charge in [-0.15, -0.1) is 11.3 Å². The highest BCUT2D eigenvalue weighted by Crippen LogP contribution is 2.16. The van der Waals surface area contributed by atoms with Gasteiger partial charge in [-0.3, -0.25) is 19.3 Å². The number of carbonyl (C=O) groups excluding carboxylic acids is 1. The molecule has 4 rings (SSSR count). The molecule has 0 unspecified atom stereocenters. The molecule has 0 radical (unpaired) electrons. The standard InChI is InChI=1S/C24H27N5O2S/c1-5-29-17(4)19(16(3)27-29)8-10-25-23(30)20-13-21-22(26-15(20)2)9-11-28(24(21)31)14-18-7-6-12-32-18/h6-7,9,11-13H,5,8,10,14H2,1-4H3,(H,25,30). The van der Waals surface area contributed by atoms with Gasteiger partial charge in [0.2, 0.25) is 0 Å². The molecule has 7 nitrogen and oxygen atoms in total. The number of aryl methyl sites for hydroxylation is 3. The fourth-order valence-corrected chi connectivity index (χ4v) is 4.73. The summed E-state index contributed by atoms with van der Waals surface area (Å²) in [6.45, 7) is 9.73. The van der Waals surface area contributed by atoms with Crippen molar-refractivity contribution in [3.8, 4) is 0 Å². The van der Waals surface area contributed by atoms with Crippen molar-refractivity contribution in [1.82, 2.24) is 24.6 Å². The van der Waals surface area contributed by atoms with Crippen LogP contribution in [0.1, 0.15) is 44.8 Å². The fraction of sp³-hybridized carbons (Fsp3) is 0.333. The Balaban J connectivity index is 1.54. The van der Waals surface area contributed by atoms with Gasteiger partial charge in [-0.2, -0.15) is 5.10 Å². The third kappa shape index (κ3) is 4.23. The SMILES string of the molecule is CCn1nc(C)c(CCNC(=O)c2cc3c(=O)n(Cc4cccs4)ccc3nc2C)c1C. The lowest BCUT2D eigenvalue weighted by molar-refractivity contribution is 0.0953. The molecule has 0 saturated carbocycles. The van der Waals surface area contributed by atoms with Crippen molar-refractivity contribution in [2.45, 2.75) is 47.2 Å². The summed E-state index contributed by atoms with van der Waals surface area (Å²) in [7, 11) is 0. The maximum absolute atomic E-state index is 13.0. The van der Waals surface area contributed by atoms with Gasteiger partial charge < -0.3 is 9.88 Å². The van der Waals surface area contributed by atoms with Gasteiger partial charge in [0.1, 0.15) is 0 Å². The zero-order valence-electron chi connectivity index (χ0n) is 18.8. The van der Waals surface area contributed by atoms with Crippen LogP contribution in [0.15, 0.2) is 40.6 Å². The lowest BCUT2D eigenvalue weighted by atomic mass is 10.1. The first kappa shape index (κ1) is 22.0. The Morgan fingerprint density at radius 1 is 1.19 bits per heavy atom. The van der Waals surface area contributed by atoms with E-state index >= 15 is 0 Å². The number of thiophene rings is 1. The average molecular weight is 450 g/mol. The van der Waals surface area contributed by atoms with Crippen LogP contribution in [-0.4, -0.2) is 31.8 Å². The van der Waals surface area contributed by atoms with Gasteiger partial charge in [-0.1, -0.05) is 6.07 Å². The van der Waals surface area contributed by atoms with E-state index in [2.05, 4.69) is 29.2 Å². The number of rotatable bonds is 7. The minimum atomic E-state index is -0.219. The van der Waals surface area contributed by atoms with Crippen molar-refractivity contribution in [1.29, 1.82) is 0 Å². The minimum Gasteiger partial charge on any atom is -0.352 e. The van der Waals surface area contributed by atoms with Crippen molar-refractivity contribution in [2.24, 2.45) is 0 Å². The van der Waals surface area contributed by atoms with Crippen LogP contribution >= 0.6 is 11.3 Å². The first-order valence-electron chi connectivity index (χ1n) is 10.7. The minimum absolute atomic E-state index is 0.143. The first-order valence-corrected chi connectivity index (χ1v) is 11.6. The summed E-state index contributed by atoms with van der Waals surface area (Å²) < 4.78 is 3.63. The highest BCUT2D eigenvalue weighted by Gasteiger charge is 2.15. The molecule has 0 spiro atoms. The molecule has 0 saturated heterocycles. The molecular weight excluding hydrogens is 422 g/mol. The number of hydrogen-bond acceptors (Lipinski definition) is 5. The van der Waals surface area contributed by atoms with Crippen molar-refractivity contribution in [2.75, 3.05) is 6.54 Å². The van der Waals surface area contributed by atoms with Crippen LogP contribution in [0.4, 0.5) is 0 Å². The molecule has 0 bridgehead atoms. The highest BCUT2D eigenvalue weighted by molar-refractivity contribution is 7.09. The van der Waals surface area contributed by atoms with Gasteiger partial charge in [0.25, 0.3) is 11.5 Å². The molecular formula is C24H27N5O2S. The van der Waals surface area contributed by atoms with Crippen LogP contribution in [0.2, 0.25) is 0 Å². The van der Waals surface area contributed by atoms with E-state index in [1.54, 1.807) is 35.1 Å². The average Bonchev–Trinajstić information content (AvgIpc) is 3.38. The van der Waals surface area contributed by atoms with Crippen LogP contribution in [0.3, 0.4) is 0 Å². The molecule has 1 amide bonds. The largest absolute Gasteiger partial charge is 0.352 e. The number of nitrogens with zero attached hydrogens (tertiary/aromatic N) is 4. The smallest absolute Gasteiger partial charge is 0.260 e. The summed E-state index contributed by atoms with van der Waals surface area (Å²) >= 11 is 1.61. The third-order valence-corrected chi connectivity index (χ3v) is 6.65. The maximum atomic E-state index is 13.0. The molecule has 4 aromatic rings. The van der Waals surface area contributed by atoms with Crippen LogP contribution < -0.4 is 10.9 Å². The Bertz CT molecular complexity index is 1330. The summed E-state index contributed by atoms with van der Waals surface area (Å²) in [6.07, 6.45) is 2.47.